The monoisotopic (exact) mass is 393 g/mol. The molecule has 2 heterocycles. The van der Waals surface area contributed by atoms with Crippen LogP contribution >= 0.6 is 11.3 Å². The van der Waals surface area contributed by atoms with Gasteiger partial charge in [-0.15, -0.1) is 11.3 Å². The number of pyridine rings is 1. The molecule has 0 unspecified atom stereocenters. The molecule has 0 atom stereocenters. The summed E-state index contributed by atoms with van der Waals surface area (Å²) in [5.74, 6) is -0.0961. The molecule has 2 N–H and O–H groups in total. The number of hydrogen-bond donors (Lipinski definition) is 2. The van der Waals surface area contributed by atoms with Crippen LogP contribution in [0.5, 0.6) is 5.75 Å². The molecule has 6 nitrogen and oxygen atoms in total. The fourth-order valence-electron chi connectivity index (χ4n) is 2.39. The van der Waals surface area contributed by atoms with Crippen molar-refractivity contribution < 1.29 is 14.3 Å². The third-order valence-corrected chi connectivity index (χ3v) is 4.67. The van der Waals surface area contributed by atoms with Gasteiger partial charge in [-0.3, -0.25) is 14.6 Å². The van der Waals surface area contributed by atoms with Crippen LogP contribution in [0.3, 0.4) is 0 Å². The molecule has 142 valence electrons. The SMILES string of the molecule is COc1ccc(C(=O)N/C(=C\c2cccs2)C(=O)NCc2cccnc2)cc1. The number of ether oxygens (including phenoxy) is 1. The van der Waals surface area contributed by atoms with Crippen molar-refractivity contribution in [1.82, 2.24) is 15.6 Å². The lowest BCUT2D eigenvalue weighted by Gasteiger charge is -2.11. The second-order valence-corrected chi connectivity index (χ2v) is 6.78. The summed E-state index contributed by atoms with van der Waals surface area (Å²) in [4.78, 5) is 30.2. The highest BCUT2D eigenvalue weighted by molar-refractivity contribution is 7.10. The molecule has 3 rings (SSSR count). The second kappa shape index (κ2) is 9.48. The number of nitrogens with zero attached hydrogens (tertiary/aromatic N) is 1. The first-order chi connectivity index (χ1) is 13.7. The van der Waals surface area contributed by atoms with Crippen LogP contribution in [0.1, 0.15) is 20.8 Å². The van der Waals surface area contributed by atoms with E-state index in [4.69, 9.17) is 4.74 Å². The Labute approximate surface area is 166 Å². The summed E-state index contributed by atoms with van der Waals surface area (Å²) in [6.07, 6.45) is 5.01. The molecule has 0 aliphatic carbocycles. The zero-order valence-electron chi connectivity index (χ0n) is 15.2. The molecule has 0 spiro atoms. The predicted molar refractivity (Wildman–Crippen MR) is 109 cm³/mol. The largest absolute Gasteiger partial charge is 0.497 e. The molecule has 0 bridgehead atoms. The molecule has 0 aliphatic heterocycles. The van der Waals surface area contributed by atoms with E-state index in [0.717, 1.165) is 10.4 Å². The molecule has 0 aliphatic rings. The van der Waals surface area contributed by atoms with E-state index >= 15 is 0 Å². The number of carbonyl (C=O) groups excluding carboxylic acids is 2. The maximum absolute atomic E-state index is 12.7. The van der Waals surface area contributed by atoms with Gasteiger partial charge in [0.25, 0.3) is 11.8 Å². The van der Waals surface area contributed by atoms with Crippen molar-refractivity contribution in [2.24, 2.45) is 0 Å². The van der Waals surface area contributed by atoms with Crippen molar-refractivity contribution in [3.63, 3.8) is 0 Å². The number of carbonyl (C=O) groups is 2. The van der Waals surface area contributed by atoms with E-state index < -0.39 is 0 Å². The van der Waals surface area contributed by atoms with Crippen molar-refractivity contribution in [1.29, 1.82) is 0 Å². The summed E-state index contributed by atoms with van der Waals surface area (Å²) in [7, 11) is 1.56. The lowest BCUT2D eigenvalue weighted by Crippen LogP contribution is -2.34. The summed E-state index contributed by atoms with van der Waals surface area (Å²) < 4.78 is 5.10. The van der Waals surface area contributed by atoms with Gasteiger partial charge in [0.05, 0.1) is 7.11 Å². The minimum Gasteiger partial charge on any atom is -0.497 e. The predicted octanol–water partition coefficient (Wildman–Crippen LogP) is 3.24. The first kappa shape index (κ1) is 19.3. The fraction of sp³-hybridized carbons (Fsp3) is 0.0952. The van der Waals surface area contributed by atoms with Crippen LogP contribution in [-0.2, 0) is 11.3 Å². The highest BCUT2D eigenvalue weighted by Crippen LogP contribution is 2.14. The Morgan fingerprint density at radius 3 is 2.61 bits per heavy atom. The average Bonchev–Trinajstić information content (AvgIpc) is 3.25. The molecule has 2 aromatic heterocycles. The summed E-state index contributed by atoms with van der Waals surface area (Å²) in [5, 5.41) is 7.42. The molecule has 3 aromatic rings. The van der Waals surface area contributed by atoms with E-state index in [9.17, 15) is 9.59 Å². The van der Waals surface area contributed by atoms with Crippen LogP contribution in [0.15, 0.2) is 72.0 Å². The van der Waals surface area contributed by atoms with Crippen molar-refractivity contribution in [3.8, 4) is 5.75 Å². The smallest absolute Gasteiger partial charge is 0.268 e. The molecule has 2 amide bonds. The van der Waals surface area contributed by atoms with Gasteiger partial charge in [0, 0.05) is 29.4 Å². The molecule has 0 saturated carbocycles. The van der Waals surface area contributed by atoms with E-state index in [1.807, 2.05) is 23.6 Å². The lowest BCUT2D eigenvalue weighted by atomic mass is 10.2. The highest BCUT2D eigenvalue weighted by Gasteiger charge is 2.15. The number of benzene rings is 1. The van der Waals surface area contributed by atoms with Crippen LogP contribution in [-0.4, -0.2) is 23.9 Å². The van der Waals surface area contributed by atoms with Crippen molar-refractivity contribution in [3.05, 3.63) is 88.0 Å². The van der Waals surface area contributed by atoms with E-state index in [1.165, 1.54) is 11.3 Å². The Kier molecular flexibility index (Phi) is 6.54. The van der Waals surface area contributed by atoms with Gasteiger partial charge in [-0.05, 0) is 53.4 Å². The summed E-state index contributed by atoms with van der Waals surface area (Å²) in [6.45, 7) is 0.312. The second-order valence-electron chi connectivity index (χ2n) is 5.80. The maximum Gasteiger partial charge on any atom is 0.268 e. The minimum atomic E-state index is -0.376. The third-order valence-electron chi connectivity index (χ3n) is 3.85. The lowest BCUT2D eigenvalue weighted by molar-refractivity contribution is -0.117. The number of thiophene rings is 1. The third kappa shape index (κ3) is 5.28. The first-order valence-electron chi connectivity index (χ1n) is 8.53. The van der Waals surface area contributed by atoms with E-state index in [2.05, 4.69) is 15.6 Å². The standard InChI is InChI=1S/C21H19N3O3S/c1-27-17-8-6-16(7-9-17)20(25)24-19(12-18-5-3-11-28-18)21(26)23-14-15-4-2-10-22-13-15/h2-13H,14H2,1H3,(H,23,26)(H,24,25)/b19-12-. The molecule has 7 heteroatoms. The number of hydrogen-bond acceptors (Lipinski definition) is 5. The average molecular weight is 393 g/mol. The molecule has 1 aromatic carbocycles. The highest BCUT2D eigenvalue weighted by atomic mass is 32.1. The Balaban J connectivity index is 1.74. The zero-order chi connectivity index (χ0) is 19.8. The molecule has 0 saturated heterocycles. The summed E-state index contributed by atoms with van der Waals surface area (Å²) in [5.41, 5.74) is 1.47. The van der Waals surface area contributed by atoms with Gasteiger partial charge in [-0.2, -0.15) is 0 Å². The Hall–Kier alpha value is -3.45. The van der Waals surface area contributed by atoms with Gasteiger partial charge in [-0.25, -0.2) is 0 Å². The first-order valence-corrected chi connectivity index (χ1v) is 9.41. The van der Waals surface area contributed by atoms with Gasteiger partial charge in [0.2, 0.25) is 0 Å². The van der Waals surface area contributed by atoms with Crippen LogP contribution < -0.4 is 15.4 Å². The number of methoxy groups -OCH3 is 1. The van der Waals surface area contributed by atoms with Gasteiger partial charge in [-0.1, -0.05) is 12.1 Å². The molecule has 0 radical (unpaired) electrons. The molecule has 28 heavy (non-hydrogen) atoms. The van der Waals surface area contributed by atoms with Crippen LogP contribution in [0, 0.1) is 0 Å². The van der Waals surface area contributed by atoms with Gasteiger partial charge < -0.3 is 15.4 Å². The van der Waals surface area contributed by atoms with Gasteiger partial charge in [0.1, 0.15) is 11.4 Å². The number of nitrogens with one attached hydrogen (secondary N) is 2. The molecular weight excluding hydrogens is 374 g/mol. The van der Waals surface area contributed by atoms with Gasteiger partial charge >= 0.3 is 0 Å². The number of amides is 2. The topological polar surface area (TPSA) is 80.3 Å². The number of rotatable bonds is 7. The quantitative estimate of drug-likeness (QED) is 0.604. The van der Waals surface area contributed by atoms with Gasteiger partial charge in [0.15, 0.2) is 0 Å². The van der Waals surface area contributed by atoms with Crippen molar-refractivity contribution >= 4 is 29.2 Å². The molecular formula is C21H19N3O3S. The Bertz CT molecular complexity index is 952. The van der Waals surface area contributed by atoms with E-state index in [1.54, 1.807) is 55.9 Å². The van der Waals surface area contributed by atoms with E-state index in [-0.39, 0.29) is 17.5 Å². The molecule has 0 fully saturated rings. The van der Waals surface area contributed by atoms with Crippen molar-refractivity contribution in [2.45, 2.75) is 6.54 Å². The van der Waals surface area contributed by atoms with Crippen LogP contribution in [0.25, 0.3) is 6.08 Å². The summed E-state index contributed by atoms with van der Waals surface area (Å²) in [6, 6.07) is 14.1. The zero-order valence-corrected chi connectivity index (χ0v) is 16.0. The van der Waals surface area contributed by atoms with E-state index in [0.29, 0.717) is 17.9 Å². The number of aromatic nitrogens is 1. The summed E-state index contributed by atoms with van der Waals surface area (Å²) >= 11 is 1.48. The maximum atomic E-state index is 12.7. The minimum absolute atomic E-state index is 0.173. The Morgan fingerprint density at radius 1 is 1.14 bits per heavy atom. The fourth-order valence-corrected chi connectivity index (χ4v) is 3.05. The van der Waals surface area contributed by atoms with Crippen molar-refractivity contribution in [2.75, 3.05) is 7.11 Å². The Morgan fingerprint density at radius 2 is 1.96 bits per heavy atom. The van der Waals surface area contributed by atoms with Crippen LogP contribution in [0.4, 0.5) is 0 Å². The normalized spacial score (nSPS) is 11.0. The van der Waals surface area contributed by atoms with Crippen LogP contribution in [0.2, 0.25) is 0 Å².